The van der Waals surface area contributed by atoms with Gasteiger partial charge in [0.25, 0.3) is 5.91 Å². The lowest BCUT2D eigenvalue weighted by atomic mass is 10.2. The largest absolute Gasteiger partial charge is 0.399 e. The molecule has 6 heteroatoms. The second-order valence-electron chi connectivity index (χ2n) is 4.30. The van der Waals surface area contributed by atoms with E-state index in [2.05, 4.69) is 31.9 Å². The van der Waals surface area contributed by atoms with Crippen LogP contribution in [-0.4, -0.2) is 17.4 Å². The first-order chi connectivity index (χ1) is 9.51. The van der Waals surface area contributed by atoms with Crippen molar-refractivity contribution >= 4 is 54.8 Å². The SMILES string of the molecule is CCN(Cc1ccc(N)cc1)C(=O)c1cc(Br)sc1Br. The van der Waals surface area contributed by atoms with E-state index in [1.54, 1.807) is 0 Å². The lowest BCUT2D eigenvalue weighted by molar-refractivity contribution is 0.0752. The normalized spacial score (nSPS) is 10.6. The molecule has 20 heavy (non-hydrogen) atoms. The number of carbonyl (C=O) groups is 1. The maximum Gasteiger partial charge on any atom is 0.256 e. The Morgan fingerprint density at radius 3 is 2.45 bits per heavy atom. The summed E-state index contributed by atoms with van der Waals surface area (Å²) in [6, 6.07) is 9.45. The van der Waals surface area contributed by atoms with Gasteiger partial charge < -0.3 is 10.6 Å². The number of hydrogen-bond acceptors (Lipinski definition) is 3. The molecule has 1 aromatic carbocycles. The zero-order valence-corrected chi connectivity index (χ0v) is 14.9. The van der Waals surface area contributed by atoms with Crippen LogP contribution in [0.3, 0.4) is 0 Å². The number of halogens is 2. The molecular weight excluding hydrogens is 404 g/mol. The molecule has 0 saturated carbocycles. The van der Waals surface area contributed by atoms with Gasteiger partial charge in [0.05, 0.1) is 13.1 Å². The average molecular weight is 418 g/mol. The molecule has 1 heterocycles. The van der Waals surface area contributed by atoms with E-state index in [0.717, 1.165) is 18.8 Å². The molecule has 1 aromatic heterocycles. The summed E-state index contributed by atoms with van der Waals surface area (Å²) in [4.78, 5) is 14.3. The van der Waals surface area contributed by atoms with Crippen molar-refractivity contribution in [1.82, 2.24) is 4.90 Å². The Morgan fingerprint density at radius 2 is 1.95 bits per heavy atom. The van der Waals surface area contributed by atoms with Gasteiger partial charge in [0, 0.05) is 18.8 Å². The standard InChI is InChI=1S/C14H14Br2N2OS/c1-2-18(8-9-3-5-10(17)6-4-9)14(19)11-7-12(15)20-13(11)16/h3-7H,2,8,17H2,1H3. The zero-order valence-electron chi connectivity index (χ0n) is 10.9. The molecule has 0 fully saturated rings. The lowest BCUT2D eigenvalue weighted by Crippen LogP contribution is -2.30. The summed E-state index contributed by atoms with van der Waals surface area (Å²) in [5, 5.41) is 0. The van der Waals surface area contributed by atoms with Gasteiger partial charge in [-0.1, -0.05) is 12.1 Å². The van der Waals surface area contributed by atoms with Gasteiger partial charge in [-0.25, -0.2) is 0 Å². The van der Waals surface area contributed by atoms with Crippen molar-refractivity contribution in [3.8, 4) is 0 Å². The number of anilines is 1. The number of benzene rings is 1. The Balaban J connectivity index is 2.17. The quantitative estimate of drug-likeness (QED) is 0.743. The minimum absolute atomic E-state index is 0.0261. The number of rotatable bonds is 4. The molecule has 2 N–H and O–H groups in total. The van der Waals surface area contributed by atoms with Gasteiger partial charge in [0.1, 0.15) is 0 Å². The number of nitrogen functional groups attached to an aromatic ring is 1. The third-order valence-corrected chi connectivity index (χ3v) is 5.25. The maximum atomic E-state index is 12.5. The van der Waals surface area contributed by atoms with E-state index < -0.39 is 0 Å². The number of amides is 1. The van der Waals surface area contributed by atoms with Crippen LogP contribution in [0.2, 0.25) is 0 Å². The Kier molecular flexibility index (Phi) is 5.23. The molecule has 0 bridgehead atoms. The summed E-state index contributed by atoms with van der Waals surface area (Å²) in [5.74, 6) is 0.0261. The highest BCUT2D eigenvalue weighted by molar-refractivity contribution is 9.12. The van der Waals surface area contributed by atoms with Gasteiger partial charge in [-0.15, -0.1) is 11.3 Å². The Morgan fingerprint density at radius 1 is 1.30 bits per heavy atom. The van der Waals surface area contributed by atoms with Gasteiger partial charge in [-0.05, 0) is 62.5 Å². The fraction of sp³-hybridized carbons (Fsp3) is 0.214. The number of nitrogens with two attached hydrogens (primary N) is 1. The summed E-state index contributed by atoms with van der Waals surface area (Å²) in [5.41, 5.74) is 8.17. The number of hydrogen-bond donors (Lipinski definition) is 1. The van der Waals surface area contributed by atoms with Crippen LogP contribution in [0.25, 0.3) is 0 Å². The van der Waals surface area contributed by atoms with Crippen LogP contribution < -0.4 is 5.73 Å². The van der Waals surface area contributed by atoms with E-state index in [4.69, 9.17) is 5.73 Å². The summed E-state index contributed by atoms with van der Waals surface area (Å²) >= 11 is 8.34. The van der Waals surface area contributed by atoms with Crippen molar-refractivity contribution in [2.24, 2.45) is 0 Å². The Hall–Kier alpha value is -0.850. The van der Waals surface area contributed by atoms with Gasteiger partial charge in [-0.2, -0.15) is 0 Å². The van der Waals surface area contributed by atoms with Crippen molar-refractivity contribution < 1.29 is 4.79 Å². The first-order valence-corrected chi connectivity index (χ1v) is 8.50. The molecular formula is C14H14Br2N2OS. The molecule has 106 valence electrons. The Labute approximate surface area is 139 Å². The fourth-order valence-corrected chi connectivity index (χ4v) is 4.60. The smallest absolute Gasteiger partial charge is 0.256 e. The van der Waals surface area contributed by atoms with Gasteiger partial charge in [-0.3, -0.25) is 4.79 Å². The van der Waals surface area contributed by atoms with Gasteiger partial charge in [0.15, 0.2) is 0 Å². The zero-order chi connectivity index (χ0) is 14.7. The number of thiophene rings is 1. The van der Waals surface area contributed by atoms with E-state index in [1.807, 2.05) is 42.2 Å². The van der Waals surface area contributed by atoms with Gasteiger partial charge >= 0.3 is 0 Å². The molecule has 0 atom stereocenters. The monoisotopic (exact) mass is 416 g/mol. The highest BCUT2D eigenvalue weighted by Gasteiger charge is 2.19. The van der Waals surface area contributed by atoms with E-state index in [-0.39, 0.29) is 5.91 Å². The molecule has 0 aliphatic heterocycles. The third-order valence-electron chi connectivity index (χ3n) is 2.91. The Bertz CT molecular complexity index is 610. The van der Waals surface area contributed by atoms with Crippen LogP contribution >= 0.6 is 43.2 Å². The van der Waals surface area contributed by atoms with Crippen molar-refractivity contribution in [2.75, 3.05) is 12.3 Å². The molecule has 2 rings (SSSR count). The summed E-state index contributed by atoms with van der Waals surface area (Å²) in [6.07, 6.45) is 0. The second kappa shape index (κ2) is 6.74. The molecule has 0 unspecified atom stereocenters. The highest BCUT2D eigenvalue weighted by atomic mass is 79.9. The summed E-state index contributed by atoms with van der Waals surface area (Å²) in [6.45, 7) is 3.21. The van der Waals surface area contributed by atoms with E-state index in [9.17, 15) is 4.79 Å². The molecule has 0 aliphatic rings. The molecule has 3 nitrogen and oxygen atoms in total. The van der Waals surface area contributed by atoms with Crippen LogP contribution in [0.1, 0.15) is 22.8 Å². The average Bonchev–Trinajstić information content (AvgIpc) is 2.76. The summed E-state index contributed by atoms with van der Waals surface area (Å²) < 4.78 is 1.79. The fourth-order valence-electron chi connectivity index (χ4n) is 1.83. The van der Waals surface area contributed by atoms with Crippen molar-refractivity contribution in [2.45, 2.75) is 13.5 Å². The lowest BCUT2D eigenvalue weighted by Gasteiger charge is -2.21. The van der Waals surface area contributed by atoms with Crippen LogP contribution in [0.4, 0.5) is 5.69 Å². The number of carbonyl (C=O) groups excluding carboxylic acids is 1. The molecule has 0 radical (unpaired) electrons. The van der Waals surface area contributed by atoms with Crippen LogP contribution in [0, 0.1) is 0 Å². The van der Waals surface area contributed by atoms with Crippen LogP contribution in [0.15, 0.2) is 37.9 Å². The van der Waals surface area contributed by atoms with E-state index >= 15 is 0 Å². The third kappa shape index (κ3) is 3.62. The van der Waals surface area contributed by atoms with Crippen molar-refractivity contribution in [3.63, 3.8) is 0 Å². The molecule has 2 aromatic rings. The van der Waals surface area contributed by atoms with E-state index in [1.165, 1.54) is 11.3 Å². The predicted octanol–water partition coefficient (Wildman–Crippen LogP) is 4.52. The molecule has 0 aliphatic carbocycles. The van der Waals surface area contributed by atoms with Crippen molar-refractivity contribution in [3.05, 3.63) is 49.0 Å². The molecule has 0 spiro atoms. The predicted molar refractivity (Wildman–Crippen MR) is 91.0 cm³/mol. The van der Waals surface area contributed by atoms with Crippen LogP contribution in [0.5, 0.6) is 0 Å². The first kappa shape index (κ1) is 15.5. The topological polar surface area (TPSA) is 46.3 Å². The highest BCUT2D eigenvalue weighted by Crippen LogP contribution is 2.32. The first-order valence-electron chi connectivity index (χ1n) is 6.09. The van der Waals surface area contributed by atoms with E-state index in [0.29, 0.717) is 18.7 Å². The maximum absolute atomic E-state index is 12.5. The molecule has 0 saturated heterocycles. The van der Waals surface area contributed by atoms with Crippen LogP contribution in [-0.2, 0) is 6.54 Å². The molecule has 1 amide bonds. The summed E-state index contributed by atoms with van der Waals surface area (Å²) in [7, 11) is 0. The number of nitrogens with zero attached hydrogens (tertiary/aromatic N) is 1. The minimum Gasteiger partial charge on any atom is -0.399 e. The second-order valence-corrected chi connectivity index (χ2v) is 8.05. The minimum atomic E-state index is 0.0261. The van der Waals surface area contributed by atoms with Gasteiger partial charge in [0.2, 0.25) is 0 Å². The van der Waals surface area contributed by atoms with Crippen molar-refractivity contribution in [1.29, 1.82) is 0 Å².